The van der Waals surface area contributed by atoms with Crippen LogP contribution < -0.4 is 4.74 Å². The molecule has 2 heterocycles. The molecule has 144 valence electrons. The molecule has 0 N–H and O–H groups in total. The lowest BCUT2D eigenvalue weighted by molar-refractivity contribution is -0.137. The number of thioether (sulfide) groups is 1. The van der Waals surface area contributed by atoms with E-state index in [0.717, 1.165) is 17.0 Å². The first-order valence-corrected chi connectivity index (χ1v) is 9.69. The number of carbonyl (C=O) groups is 2. The SMILES string of the molecule is COC(=O)CSc1nc2nc3c(cn2n1)C(=O)C[C@H](c1ccc(OC)cc1)C3. The summed E-state index contributed by atoms with van der Waals surface area (Å²) in [6.07, 6.45) is 2.76. The minimum Gasteiger partial charge on any atom is -0.497 e. The molecule has 1 aromatic carbocycles. The van der Waals surface area contributed by atoms with E-state index in [-0.39, 0.29) is 23.4 Å². The molecule has 2 aromatic heterocycles. The molecule has 1 aliphatic carbocycles. The summed E-state index contributed by atoms with van der Waals surface area (Å²) in [4.78, 5) is 32.9. The molecule has 0 spiro atoms. The zero-order valence-corrected chi connectivity index (χ0v) is 16.2. The maximum atomic E-state index is 12.7. The van der Waals surface area contributed by atoms with Crippen LogP contribution in [0.15, 0.2) is 35.6 Å². The molecule has 8 nitrogen and oxygen atoms in total. The highest BCUT2D eigenvalue weighted by Gasteiger charge is 2.28. The Balaban J connectivity index is 1.60. The van der Waals surface area contributed by atoms with Crippen LogP contribution in [0.3, 0.4) is 0 Å². The largest absolute Gasteiger partial charge is 0.497 e. The molecule has 0 fully saturated rings. The van der Waals surface area contributed by atoms with Gasteiger partial charge >= 0.3 is 5.97 Å². The van der Waals surface area contributed by atoms with Gasteiger partial charge in [-0.05, 0) is 30.0 Å². The smallest absolute Gasteiger partial charge is 0.316 e. The molecule has 0 bridgehead atoms. The van der Waals surface area contributed by atoms with Gasteiger partial charge in [0, 0.05) is 12.6 Å². The van der Waals surface area contributed by atoms with Gasteiger partial charge in [-0.1, -0.05) is 23.9 Å². The van der Waals surface area contributed by atoms with Crippen molar-refractivity contribution in [3.63, 3.8) is 0 Å². The van der Waals surface area contributed by atoms with Crippen molar-refractivity contribution in [1.29, 1.82) is 0 Å². The Morgan fingerprint density at radius 3 is 2.71 bits per heavy atom. The number of rotatable bonds is 5. The number of methoxy groups -OCH3 is 2. The summed E-state index contributed by atoms with van der Waals surface area (Å²) >= 11 is 1.17. The van der Waals surface area contributed by atoms with E-state index < -0.39 is 0 Å². The Kier molecular flexibility index (Phi) is 4.99. The molecule has 9 heteroatoms. The molecule has 0 amide bonds. The van der Waals surface area contributed by atoms with E-state index in [0.29, 0.717) is 29.3 Å². The summed E-state index contributed by atoms with van der Waals surface area (Å²) in [6.45, 7) is 0. The van der Waals surface area contributed by atoms with Crippen molar-refractivity contribution in [3.05, 3.63) is 47.3 Å². The summed E-state index contributed by atoms with van der Waals surface area (Å²) in [6, 6.07) is 7.77. The summed E-state index contributed by atoms with van der Waals surface area (Å²) < 4.78 is 11.3. The van der Waals surface area contributed by atoms with Crippen molar-refractivity contribution in [3.8, 4) is 5.75 Å². The van der Waals surface area contributed by atoms with Gasteiger partial charge in [0.05, 0.1) is 31.2 Å². The van der Waals surface area contributed by atoms with Crippen LogP contribution in [-0.2, 0) is 16.0 Å². The lowest BCUT2D eigenvalue weighted by atomic mass is 9.82. The Bertz CT molecular complexity index is 1050. The fourth-order valence-corrected chi connectivity index (χ4v) is 3.88. The summed E-state index contributed by atoms with van der Waals surface area (Å²) in [5.41, 5.74) is 2.38. The number of ketones is 1. The number of aromatic nitrogens is 4. The lowest BCUT2D eigenvalue weighted by Crippen LogP contribution is -2.21. The minimum atomic E-state index is -0.353. The van der Waals surface area contributed by atoms with Gasteiger partial charge in [0.25, 0.3) is 5.78 Å². The number of Topliss-reactive ketones (excluding diaryl/α,β-unsaturated/α-hetero) is 1. The van der Waals surface area contributed by atoms with Gasteiger partial charge in [0.2, 0.25) is 5.16 Å². The van der Waals surface area contributed by atoms with Crippen molar-refractivity contribution >= 4 is 29.3 Å². The highest BCUT2D eigenvalue weighted by molar-refractivity contribution is 7.99. The van der Waals surface area contributed by atoms with E-state index in [1.54, 1.807) is 13.3 Å². The van der Waals surface area contributed by atoms with E-state index in [4.69, 9.17) is 4.74 Å². The van der Waals surface area contributed by atoms with E-state index >= 15 is 0 Å². The lowest BCUT2D eigenvalue weighted by Gasteiger charge is -2.23. The number of carbonyl (C=O) groups excluding carboxylic acids is 2. The number of benzene rings is 1. The first-order chi connectivity index (χ1) is 13.6. The van der Waals surface area contributed by atoms with Crippen molar-refractivity contribution in [2.24, 2.45) is 0 Å². The standard InChI is InChI=1S/C19H18N4O4S/c1-26-13-5-3-11(4-6-13)12-7-15-14(16(24)8-12)9-23-18(20-15)21-19(22-23)28-10-17(25)27-2/h3-6,9,12H,7-8,10H2,1-2H3/t12-/m1/s1. The van der Waals surface area contributed by atoms with Gasteiger partial charge in [-0.2, -0.15) is 4.98 Å². The summed E-state index contributed by atoms with van der Waals surface area (Å²) in [5.74, 6) is 1.06. The van der Waals surface area contributed by atoms with Crippen LogP contribution in [-0.4, -0.2) is 51.3 Å². The van der Waals surface area contributed by atoms with Crippen LogP contribution in [0.4, 0.5) is 0 Å². The van der Waals surface area contributed by atoms with Crippen LogP contribution in [0.1, 0.15) is 34.0 Å². The topological polar surface area (TPSA) is 95.7 Å². The number of nitrogens with zero attached hydrogens (tertiary/aromatic N) is 4. The molecule has 3 aromatic rings. The fraction of sp³-hybridized carbons (Fsp3) is 0.316. The van der Waals surface area contributed by atoms with Crippen molar-refractivity contribution in [1.82, 2.24) is 19.6 Å². The second-order valence-electron chi connectivity index (χ2n) is 6.41. The molecule has 1 aliphatic rings. The molecule has 0 radical (unpaired) electrons. The maximum Gasteiger partial charge on any atom is 0.316 e. The maximum absolute atomic E-state index is 12.7. The van der Waals surface area contributed by atoms with E-state index in [1.807, 2.05) is 24.3 Å². The average molecular weight is 398 g/mol. The number of ether oxygens (including phenoxy) is 2. The molecular formula is C19H18N4O4S. The Labute approximate surface area is 165 Å². The highest BCUT2D eigenvalue weighted by Crippen LogP contribution is 2.32. The Morgan fingerprint density at radius 2 is 2.00 bits per heavy atom. The van der Waals surface area contributed by atoms with E-state index in [9.17, 15) is 9.59 Å². The average Bonchev–Trinajstić information content (AvgIpc) is 3.12. The molecule has 4 rings (SSSR count). The zero-order valence-electron chi connectivity index (χ0n) is 15.4. The first-order valence-electron chi connectivity index (χ1n) is 8.70. The van der Waals surface area contributed by atoms with Crippen LogP contribution in [0, 0.1) is 0 Å². The summed E-state index contributed by atoms with van der Waals surface area (Å²) in [7, 11) is 2.96. The van der Waals surface area contributed by atoms with E-state index in [1.165, 1.54) is 23.4 Å². The third-order valence-electron chi connectivity index (χ3n) is 4.70. The predicted octanol–water partition coefficient (Wildman–Crippen LogP) is 2.31. The second kappa shape index (κ2) is 7.59. The third-order valence-corrected chi connectivity index (χ3v) is 5.51. The number of esters is 1. The molecule has 0 aliphatic heterocycles. The van der Waals surface area contributed by atoms with Gasteiger partial charge in [-0.3, -0.25) is 9.59 Å². The first kappa shape index (κ1) is 18.4. The minimum absolute atomic E-state index is 0.0377. The predicted molar refractivity (Wildman–Crippen MR) is 102 cm³/mol. The van der Waals surface area contributed by atoms with Gasteiger partial charge < -0.3 is 9.47 Å². The zero-order chi connectivity index (χ0) is 19.7. The third kappa shape index (κ3) is 3.57. The van der Waals surface area contributed by atoms with Gasteiger partial charge in [-0.25, -0.2) is 9.50 Å². The van der Waals surface area contributed by atoms with E-state index in [2.05, 4.69) is 19.8 Å². The monoisotopic (exact) mass is 398 g/mol. The molecule has 0 saturated carbocycles. The van der Waals surface area contributed by atoms with Crippen LogP contribution in [0.2, 0.25) is 0 Å². The molecule has 0 saturated heterocycles. The number of fused-ring (bicyclic) bond motifs is 2. The van der Waals surface area contributed by atoms with Crippen molar-refractivity contribution < 1.29 is 19.1 Å². The number of hydrogen-bond donors (Lipinski definition) is 0. The quantitative estimate of drug-likeness (QED) is 0.477. The van der Waals surface area contributed by atoms with Crippen LogP contribution in [0.5, 0.6) is 5.75 Å². The molecular weight excluding hydrogens is 380 g/mol. The van der Waals surface area contributed by atoms with Crippen LogP contribution in [0.25, 0.3) is 5.78 Å². The normalized spacial score (nSPS) is 16.1. The van der Waals surface area contributed by atoms with Gasteiger partial charge in [-0.15, -0.1) is 5.10 Å². The molecule has 0 unspecified atom stereocenters. The number of hydrogen-bond acceptors (Lipinski definition) is 8. The molecule has 1 atom stereocenters. The second-order valence-corrected chi connectivity index (χ2v) is 7.35. The van der Waals surface area contributed by atoms with Crippen molar-refractivity contribution in [2.45, 2.75) is 23.9 Å². The fourth-order valence-electron chi connectivity index (χ4n) is 3.22. The van der Waals surface area contributed by atoms with Crippen LogP contribution >= 0.6 is 11.8 Å². The highest BCUT2D eigenvalue weighted by atomic mass is 32.2. The summed E-state index contributed by atoms with van der Waals surface area (Å²) in [5, 5.41) is 4.71. The van der Waals surface area contributed by atoms with Crippen molar-refractivity contribution in [2.75, 3.05) is 20.0 Å². The van der Waals surface area contributed by atoms with Gasteiger partial charge in [0.1, 0.15) is 5.75 Å². The Hall–Kier alpha value is -2.94. The Morgan fingerprint density at radius 1 is 1.21 bits per heavy atom. The molecule has 28 heavy (non-hydrogen) atoms. The van der Waals surface area contributed by atoms with Gasteiger partial charge in [0.15, 0.2) is 5.78 Å².